The normalized spacial score (nSPS) is 24.4. The maximum absolute atomic E-state index is 3.56. The Morgan fingerprint density at radius 2 is 2.06 bits per heavy atom. The van der Waals surface area contributed by atoms with Gasteiger partial charge in [0.1, 0.15) is 0 Å². The molecule has 1 atom stereocenters. The lowest BCUT2D eigenvalue weighted by atomic mass is 10.1. The second-order valence-electron chi connectivity index (χ2n) is 5.73. The Morgan fingerprint density at radius 3 is 2.81 bits per heavy atom. The summed E-state index contributed by atoms with van der Waals surface area (Å²) in [5.74, 6) is 0.872. The molecular weight excluding hydrogens is 196 g/mol. The predicted molar refractivity (Wildman–Crippen MR) is 71.8 cm³/mol. The van der Waals surface area contributed by atoms with E-state index in [-0.39, 0.29) is 0 Å². The van der Waals surface area contributed by atoms with Crippen molar-refractivity contribution in [1.29, 1.82) is 0 Å². The van der Waals surface area contributed by atoms with E-state index >= 15 is 0 Å². The first-order valence-corrected chi connectivity index (χ1v) is 7.14. The van der Waals surface area contributed by atoms with Crippen LogP contribution in [0.3, 0.4) is 0 Å². The van der Waals surface area contributed by atoms with Crippen molar-refractivity contribution < 1.29 is 0 Å². The zero-order chi connectivity index (χ0) is 11.8. The number of nitrogens with one attached hydrogen (secondary N) is 1. The van der Waals surface area contributed by atoms with Crippen molar-refractivity contribution in [3.63, 3.8) is 0 Å². The number of hydrogen-bond acceptors (Lipinski definition) is 2. The SMILES string of the molecule is CC(C)CCCCN1CCCNC(C)CC1. The summed E-state index contributed by atoms with van der Waals surface area (Å²) in [4.78, 5) is 2.66. The van der Waals surface area contributed by atoms with E-state index in [1.807, 2.05) is 0 Å². The van der Waals surface area contributed by atoms with E-state index < -0.39 is 0 Å². The van der Waals surface area contributed by atoms with Gasteiger partial charge in [-0.15, -0.1) is 0 Å². The van der Waals surface area contributed by atoms with Crippen LogP contribution in [0.4, 0.5) is 0 Å². The minimum absolute atomic E-state index is 0.707. The minimum Gasteiger partial charge on any atom is -0.314 e. The molecule has 0 amide bonds. The molecule has 1 unspecified atom stereocenters. The van der Waals surface area contributed by atoms with Crippen molar-refractivity contribution >= 4 is 0 Å². The zero-order valence-electron chi connectivity index (χ0n) is 11.5. The summed E-state index contributed by atoms with van der Waals surface area (Å²) in [6.45, 7) is 12.1. The van der Waals surface area contributed by atoms with Crippen LogP contribution in [0.25, 0.3) is 0 Å². The molecule has 1 saturated heterocycles. The van der Waals surface area contributed by atoms with Gasteiger partial charge in [-0.05, 0) is 58.3 Å². The molecule has 1 aliphatic rings. The molecule has 0 radical (unpaired) electrons. The topological polar surface area (TPSA) is 15.3 Å². The van der Waals surface area contributed by atoms with Crippen LogP contribution in [-0.2, 0) is 0 Å². The smallest absolute Gasteiger partial charge is 0.00509 e. The van der Waals surface area contributed by atoms with E-state index in [2.05, 4.69) is 31.0 Å². The van der Waals surface area contributed by atoms with Crippen molar-refractivity contribution in [3.8, 4) is 0 Å². The molecular formula is C14H30N2. The second kappa shape index (κ2) is 8.08. The van der Waals surface area contributed by atoms with Crippen molar-refractivity contribution in [2.24, 2.45) is 5.92 Å². The van der Waals surface area contributed by atoms with Gasteiger partial charge in [0.15, 0.2) is 0 Å². The summed E-state index contributed by atoms with van der Waals surface area (Å²) in [6.07, 6.45) is 6.81. The molecule has 0 saturated carbocycles. The third-order valence-corrected chi connectivity index (χ3v) is 3.53. The molecule has 0 aromatic heterocycles. The molecule has 0 spiro atoms. The third-order valence-electron chi connectivity index (χ3n) is 3.53. The summed E-state index contributed by atoms with van der Waals surface area (Å²) in [7, 11) is 0. The Hall–Kier alpha value is -0.0800. The highest BCUT2D eigenvalue weighted by Gasteiger charge is 2.10. The lowest BCUT2D eigenvalue weighted by molar-refractivity contribution is 0.231. The first kappa shape index (κ1) is 14.0. The Balaban J connectivity index is 2.09. The first-order valence-electron chi connectivity index (χ1n) is 7.14. The second-order valence-corrected chi connectivity index (χ2v) is 5.73. The molecule has 2 heteroatoms. The van der Waals surface area contributed by atoms with Crippen LogP contribution in [-0.4, -0.2) is 37.1 Å². The average molecular weight is 226 g/mol. The molecule has 0 bridgehead atoms. The standard InChI is InChI=1S/C14H30N2/c1-13(2)7-4-5-10-16-11-6-9-15-14(3)8-12-16/h13-15H,4-12H2,1-3H3. The summed E-state index contributed by atoms with van der Waals surface area (Å²) in [5, 5.41) is 3.56. The summed E-state index contributed by atoms with van der Waals surface area (Å²) in [6, 6.07) is 0.707. The van der Waals surface area contributed by atoms with Gasteiger partial charge in [-0.3, -0.25) is 0 Å². The largest absolute Gasteiger partial charge is 0.314 e. The molecule has 96 valence electrons. The van der Waals surface area contributed by atoms with E-state index in [9.17, 15) is 0 Å². The van der Waals surface area contributed by atoms with Crippen molar-refractivity contribution in [3.05, 3.63) is 0 Å². The Kier molecular flexibility index (Phi) is 7.06. The monoisotopic (exact) mass is 226 g/mol. The molecule has 2 nitrogen and oxygen atoms in total. The van der Waals surface area contributed by atoms with Gasteiger partial charge in [0.2, 0.25) is 0 Å². The molecule has 1 heterocycles. The average Bonchev–Trinajstić information content (AvgIpc) is 2.21. The van der Waals surface area contributed by atoms with Gasteiger partial charge < -0.3 is 10.2 Å². The Bertz CT molecular complexity index is 168. The highest BCUT2D eigenvalue weighted by molar-refractivity contribution is 4.69. The van der Waals surface area contributed by atoms with Gasteiger partial charge in [0, 0.05) is 6.04 Å². The fourth-order valence-electron chi connectivity index (χ4n) is 2.35. The summed E-state index contributed by atoms with van der Waals surface area (Å²) < 4.78 is 0. The van der Waals surface area contributed by atoms with Gasteiger partial charge in [-0.1, -0.05) is 26.7 Å². The van der Waals surface area contributed by atoms with Gasteiger partial charge in [-0.25, -0.2) is 0 Å². The van der Waals surface area contributed by atoms with E-state index in [0.717, 1.165) is 5.92 Å². The lowest BCUT2D eigenvalue weighted by Crippen LogP contribution is -2.38. The van der Waals surface area contributed by atoms with Crippen molar-refractivity contribution in [2.75, 3.05) is 26.2 Å². The van der Waals surface area contributed by atoms with Gasteiger partial charge in [-0.2, -0.15) is 0 Å². The van der Waals surface area contributed by atoms with Crippen LogP contribution in [0.5, 0.6) is 0 Å². The fourth-order valence-corrected chi connectivity index (χ4v) is 2.35. The Morgan fingerprint density at radius 1 is 1.25 bits per heavy atom. The fraction of sp³-hybridized carbons (Fsp3) is 1.00. The molecule has 1 aliphatic heterocycles. The summed E-state index contributed by atoms with van der Waals surface area (Å²) >= 11 is 0. The van der Waals surface area contributed by atoms with Crippen LogP contribution in [0, 0.1) is 5.92 Å². The van der Waals surface area contributed by atoms with Crippen LogP contribution in [0.1, 0.15) is 52.9 Å². The van der Waals surface area contributed by atoms with Crippen LogP contribution in [0.15, 0.2) is 0 Å². The lowest BCUT2D eigenvalue weighted by Gasteiger charge is -2.27. The summed E-state index contributed by atoms with van der Waals surface area (Å²) in [5.41, 5.74) is 0. The molecule has 16 heavy (non-hydrogen) atoms. The predicted octanol–water partition coefficient (Wildman–Crippen LogP) is 2.89. The number of unbranched alkanes of at least 4 members (excludes halogenated alkanes) is 1. The number of hydrogen-bond donors (Lipinski definition) is 1. The van der Waals surface area contributed by atoms with E-state index in [4.69, 9.17) is 0 Å². The maximum atomic E-state index is 3.56. The highest BCUT2D eigenvalue weighted by Crippen LogP contribution is 2.08. The first-order chi connectivity index (χ1) is 7.68. The minimum atomic E-state index is 0.707. The van der Waals surface area contributed by atoms with Gasteiger partial charge >= 0.3 is 0 Å². The van der Waals surface area contributed by atoms with Crippen LogP contribution in [0.2, 0.25) is 0 Å². The van der Waals surface area contributed by atoms with Crippen molar-refractivity contribution in [2.45, 2.75) is 58.9 Å². The van der Waals surface area contributed by atoms with Crippen LogP contribution < -0.4 is 5.32 Å². The third kappa shape index (κ3) is 6.49. The van der Waals surface area contributed by atoms with Gasteiger partial charge in [0.05, 0.1) is 0 Å². The van der Waals surface area contributed by atoms with E-state index in [1.165, 1.54) is 58.3 Å². The number of nitrogens with zero attached hydrogens (tertiary/aromatic N) is 1. The van der Waals surface area contributed by atoms with Crippen molar-refractivity contribution in [1.82, 2.24) is 10.2 Å². The molecule has 0 aliphatic carbocycles. The molecule has 0 aromatic rings. The maximum Gasteiger partial charge on any atom is 0.00509 e. The van der Waals surface area contributed by atoms with E-state index in [0.29, 0.717) is 6.04 Å². The number of rotatable bonds is 5. The van der Waals surface area contributed by atoms with Gasteiger partial charge in [0.25, 0.3) is 0 Å². The highest BCUT2D eigenvalue weighted by atomic mass is 15.1. The molecule has 1 N–H and O–H groups in total. The van der Waals surface area contributed by atoms with Crippen LogP contribution >= 0.6 is 0 Å². The molecule has 0 aromatic carbocycles. The quantitative estimate of drug-likeness (QED) is 0.725. The van der Waals surface area contributed by atoms with E-state index in [1.54, 1.807) is 0 Å². The molecule has 1 fully saturated rings. The zero-order valence-corrected chi connectivity index (χ0v) is 11.5. The Labute approximate surface area is 102 Å². The molecule has 1 rings (SSSR count).